The first-order valence-electron chi connectivity index (χ1n) is 5.92. The van der Waals surface area contributed by atoms with Crippen molar-refractivity contribution in [2.24, 2.45) is 5.84 Å². The molecule has 4 N–H and O–H groups in total. The average Bonchev–Trinajstić information content (AvgIpc) is 2.94. The quantitative estimate of drug-likeness (QED) is 0.297. The molecule has 0 saturated heterocycles. The van der Waals surface area contributed by atoms with Crippen LogP contribution in [-0.2, 0) is 0 Å². The first-order valence-corrected chi connectivity index (χ1v) is 8.03. The van der Waals surface area contributed by atoms with Gasteiger partial charge in [-0.15, -0.1) is 11.3 Å². The molecule has 0 bridgehead atoms. The first-order chi connectivity index (χ1) is 9.78. The Bertz CT molecular complexity index is 718. The summed E-state index contributed by atoms with van der Waals surface area (Å²) < 4.78 is 1.27. The van der Waals surface area contributed by atoms with Gasteiger partial charge in [-0.05, 0) is 41.3 Å². The number of hydrogen-bond acceptors (Lipinski definition) is 7. The van der Waals surface area contributed by atoms with Gasteiger partial charge in [-0.25, -0.2) is 15.8 Å². The zero-order valence-corrected chi connectivity index (χ0v) is 12.4. The molecule has 0 fully saturated rings. The molecule has 0 radical (unpaired) electrons. The molecule has 102 valence electrons. The highest BCUT2D eigenvalue weighted by Crippen LogP contribution is 2.26. The van der Waals surface area contributed by atoms with E-state index in [2.05, 4.69) is 44.3 Å². The number of anilines is 3. The lowest BCUT2D eigenvalue weighted by molar-refractivity contribution is 0.971. The van der Waals surface area contributed by atoms with Crippen LogP contribution in [0.4, 0.5) is 17.3 Å². The van der Waals surface area contributed by atoms with Crippen molar-refractivity contribution in [3.8, 4) is 0 Å². The number of nitrogen functional groups attached to an aromatic ring is 1. The minimum Gasteiger partial charge on any atom is -0.340 e. The van der Waals surface area contributed by atoms with Gasteiger partial charge in [0.05, 0.1) is 0 Å². The molecular weight excluding hydrogens is 290 g/mol. The summed E-state index contributed by atoms with van der Waals surface area (Å²) in [7, 11) is 0. The highest BCUT2D eigenvalue weighted by atomic mass is 32.2. The van der Waals surface area contributed by atoms with E-state index in [1.54, 1.807) is 17.4 Å². The number of nitrogens with zero attached hydrogens (tertiary/aromatic N) is 2. The molecule has 2 aromatic heterocycles. The van der Waals surface area contributed by atoms with Crippen LogP contribution in [0, 0.1) is 0 Å². The van der Waals surface area contributed by atoms with Gasteiger partial charge in [0, 0.05) is 16.5 Å². The molecule has 0 amide bonds. The fraction of sp³-hybridized carbons (Fsp3) is 0.0769. The van der Waals surface area contributed by atoms with Crippen LogP contribution in [0.3, 0.4) is 0 Å². The van der Waals surface area contributed by atoms with Crippen LogP contribution < -0.4 is 16.6 Å². The van der Waals surface area contributed by atoms with Gasteiger partial charge in [0.2, 0.25) is 0 Å². The van der Waals surface area contributed by atoms with E-state index in [9.17, 15) is 0 Å². The number of aromatic nitrogens is 2. The normalized spacial score (nSPS) is 10.7. The van der Waals surface area contributed by atoms with Crippen molar-refractivity contribution in [3.63, 3.8) is 0 Å². The molecule has 0 atom stereocenters. The molecule has 0 spiro atoms. The van der Waals surface area contributed by atoms with Crippen LogP contribution >= 0.6 is 23.1 Å². The predicted octanol–water partition coefficient (Wildman–Crippen LogP) is 3.44. The Morgan fingerprint density at radius 1 is 1.15 bits per heavy atom. The second-order valence-corrected chi connectivity index (χ2v) is 5.79. The van der Waals surface area contributed by atoms with E-state index in [1.807, 2.05) is 12.3 Å². The Labute approximate surface area is 124 Å². The SMILES string of the molecule is CSc1nc(NN)cc(Nc2ccc3sccc3c2)n1. The number of benzene rings is 1. The lowest BCUT2D eigenvalue weighted by Gasteiger charge is -2.09. The second kappa shape index (κ2) is 5.66. The highest BCUT2D eigenvalue weighted by Gasteiger charge is 2.04. The molecule has 3 rings (SSSR count). The zero-order valence-electron chi connectivity index (χ0n) is 10.8. The summed E-state index contributed by atoms with van der Waals surface area (Å²) in [5.41, 5.74) is 3.54. The topological polar surface area (TPSA) is 75.9 Å². The molecule has 0 unspecified atom stereocenters. The predicted molar refractivity (Wildman–Crippen MR) is 86.7 cm³/mol. The van der Waals surface area contributed by atoms with E-state index in [0.717, 1.165) is 5.69 Å². The Balaban J connectivity index is 1.92. The summed E-state index contributed by atoms with van der Waals surface area (Å²) >= 11 is 3.20. The smallest absolute Gasteiger partial charge is 0.191 e. The lowest BCUT2D eigenvalue weighted by Crippen LogP contribution is -2.10. The van der Waals surface area contributed by atoms with Gasteiger partial charge in [0.1, 0.15) is 11.6 Å². The summed E-state index contributed by atoms with van der Waals surface area (Å²) in [5.74, 6) is 6.72. The van der Waals surface area contributed by atoms with E-state index in [4.69, 9.17) is 5.84 Å². The fourth-order valence-electron chi connectivity index (χ4n) is 1.85. The molecule has 0 aliphatic carbocycles. The fourth-order valence-corrected chi connectivity index (χ4v) is 3.00. The molecule has 2 heterocycles. The molecule has 7 heteroatoms. The minimum atomic E-state index is 0.587. The van der Waals surface area contributed by atoms with Crippen molar-refractivity contribution in [2.75, 3.05) is 17.0 Å². The van der Waals surface area contributed by atoms with Crippen LogP contribution in [0.2, 0.25) is 0 Å². The summed E-state index contributed by atoms with van der Waals surface area (Å²) in [6.45, 7) is 0. The van der Waals surface area contributed by atoms with Crippen molar-refractivity contribution in [3.05, 3.63) is 35.7 Å². The van der Waals surface area contributed by atoms with Gasteiger partial charge >= 0.3 is 0 Å². The standard InChI is InChI=1S/C13H13N5S2/c1-19-13-16-11(7-12(17-13)18-14)15-9-2-3-10-8(6-9)4-5-20-10/h2-7H,14H2,1H3,(H2,15,16,17,18). The van der Waals surface area contributed by atoms with E-state index in [-0.39, 0.29) is 0 Å². The van der Waals surface area contributed by atoms with Crippen LogP contribution in [-0.4, -0.2) is 16.2 Å². The maximum atomic E-state index is 5.42. The third-order valence-corrected chi connectivity index (χ3v) is 4.21. The van der Waals surface area contributed by atoms with Gasteiger partial charge in [0.15, 0.2) is 5.16 Å². The molecule has 5 nitrogen and oxygen atoms in total. The second-order valence-electron chi connectivity index (χ2n) is 4.07. The molecule has 3 aromatic rings. The molecule has 20 heavy (non-hydrogen) atoms. The van der Waals surface area contributed by atoms with Gasteiger partial charge in [-0.2, -0.15) is 0 Å². The summed E-state index contributed by atoms with van der Waals surface area (Å²) in [6.07, 6.45) is 1.93. The Morgan fingerprint density at radius 3 is 2.80 bits per heavy atom. The van der Waals surface area contributed by atoms with Gasteiger partial charge in [0.25, 0.3) is 0 Å². The molecule has 0 aliphatic rings. The Morgan fingerprint density at radius 2 is 2.00 bits per heavy atom. The lowest BCUT2D eigenvalue weighted by atomic mass is 10.2. The van der Waals surface area contributed by atoms with Crippen molar-refractivity contribution in [1.82, 2.24) is 9.97 Å². The number of fused-ring (bicyclic) bond motifs is 1. The number of thiophene rings is 1. The van der Waals surface area contributed by atoms with Gasteiger partial charge < -0.3 is 10.7 Å². The van der Waals surface area contributed by atoms with Crippen LogP contribution in [0.25, 0.3) is 10.1 Å². The van der Waals surface area contributed by atoms with E-state index < -0.39 is 0 Å². The third-order valence-electron chi connectivity index (χ3n) is 2.76. The molecular formula is C13H13N5S2. The number of hydrogen-bond donors (Lipinski definition) is 3. The Hall–Kier alpha value is -1.83. The molecule has 0 saturated carbocycles. The Kier molecular flexibility index (Phi) is 3.72. The van der Waals surface area contributed by atoms with E-state index in [0.29, 0.717) is 16.8 Å². The van der Waals surface area contributed by atoms with E-state index in [1.165, 1.54) is 21.8 Å². The largest absolute Gasteiger partial charge is 0.340 e. The molecule has 0 aliphatic heterocycles. The van der Waals surface area contributed by atoms with Crippen molar-refractivity contribution < 1.29 is 0 Å². The highest BCUT2D eigenvalue weighted by molar-refractivity contribution is 7.98. The van der Waals surface area contributed by atoms with Crippen molar-refractivity contribution in [1.29, 1.82) is 0 Å². The number of nitrogens with one attached hydrogen (secondary N) is 2. The molecule has 1 aromatic carbocycles. The third kappa shape index (κ3) is 2.69. The summed E-state index contributed by atoms with van der Waals surface area (Å²) in [6, 6.07) is 10.1. The maximum Gasteiger partial charge on any atom is 0.191 e. The van der Waals surface area contributed by atoms with Crippen LogP contribution in [0.15, 0.2) is 40.9 Å². The van der Waals surface area contributed by atoms with Crippen LogP contribution in [0.5, 0.6) is 0 Å². The van der Waals surface area contributed by atoms with Gasteiger partial charge in [-0.1, -0.05) is 11.8 Å². The van der Waals surface area contributed by atoms with E-state index >= 15 is 0 Å². The summed E-state index contributed by atoms with van der Waals surface area (Å²) in [5, 5.41) is 7.25. The number of hydrazine groups is 1. The van der Waals surface area contributed by atoms with Crippen LogP contribution in [0.1, 0.15) is 0 Å². The van der Waals surface area contributed by atoms with Crippen molar-refractivity contribution in [2.45, 2.75) is 5.16 Å². The summed E-state index contributed by atoms with van der Waals surface area (Å²) in [4.78, 5) is 8.64. The first kappa shape index (κ1) is 13.2. The maximum absolute atomic E-state index is 5.42. The average molecular weight is 303 g/mol. The van der Waals surface area contributed by atoms with Gasteiger partial charge in [-0.3, -0.25) is 0 Å². The number of thioether (sulfide) groups is 1. The zero-order chi connectivity index (χ0) is 13.9. The monoisotopic (exact) mass is 303 g/mol. The number of rotatable bonds is 4. The minimum absolute atomic E-state index is 0.587. The van der Waals surface area contributed by atoms with Crippen molar-refractivity contribution >= 4 is 50.5 Å². The number of nitrogens with two attached hydrogens (primary N) is 1.